The molecule has 92 valence electrons. The first-order valence-electron chi connectivity index (χ1n) is 6.98. The third-order valence-electron chi connectivity index (χ3n) is 2.81. The SMILES string of the molecule is CCCNCCCCCCCCC(C)C. The predicted molar refractivity (Wildman–Crippen MR) is 70.3 cm³/mol. The van der Waals surface area contributed by atoms with E-state index in [9.17, 15) is 0 Å². The maximum absolute atomic E-state index is 3.45. The van der Waals surface area contributed by atoms with E-state index in [1.54, 1.807) is 0 Å². The quantitative estimate of drug-likeness (QED) is 0.502. The van der Waals surface area contributed by atoms with Gasteiger partial charge in [-0.2, -0.15) is 0 Å². The minimum atomic E-state index is 0.892. The van der Waals surface area contributed by atoms with Gasteiger partial charge in [0.05, 0.1) is 0 Å². The average Bonchev–Trinajstić information content (AvgIpc) is 2.20. The molecule has 0 heterocycles. The molecule has 0 radical (unpaired) electrons. The summed E-state index contributed by atoms with van der Waals surface area (Å²) >= 11 is 0. The summed E-state index contributed by atoms with van der Waals surface area (Å²) in [6, 6.07) is 0. The second-order valence-corrected chi connectivity index (χ2v) is 5.05. The van der Waals surface area contributed by atoms with Crippen LogP contribution in [0.2, 0.25) is 0 Å². The van der Waals surface area contributed by atoms with E-state index in [4.69, 9.17) is 0 Å². The molecule has 0 fully saturated rings. The Bertz CT molecular complexity index is 110. The van der Waals surface area contributed by atoms with E-state index in [-0.39, 0.29) is 0 Å². The lowest BCUT2D eigenvalue weighted by Gasteiger charge is -2.05. The second kappa shape index (κ2) is 12.0. The standard InChI is InChI=1S/C14H31N/c1-4-12-15-13-10-8-6-5-7-9-11-14(2)3/h14-15H,4-13H2,1-3H3. The van der Waals surface area contributed by atoms with Gasteiger partial charge in [-0.05, 0) is 31.8 Å². The van der Waals surface area contributed by atoms with Crippen molar-refractivity contribution in [2.24, 2.45) is 5.92 Å². The van der Waals surface area contributed by atoms with Crippen LogP contribution in [-0.2, 0) is 0 Å². The average molecular weight is 213 g/mol. The number of hydrogen-bond donors (Lipinski definition) is 1. The first-order valence-corrected chi connectivity index (χ1v) is 6.98. The Morgan fingerprint density at radius 1 is 0.800 bits per heavy atom. The molecule has 0 aromatic carbocycles. The van der Waals surface area contributed by atoms with Crippen molar-refractivity contribution in [1.82, 2.24) is 5.32 Å². The van der Waals surface area contributed by atoms with Crippen LogP contribution in [0.15, 0.2) is 0 Å². The van der Waals surface area contributed by atoms with Crippen molar-refractivity contribution in [3.05, 3.63) is 0 Å². The predicted octanol–water partition coefficient (Wildman–Crippen LogP) is 4.37. The first kappa shape index (κ1) is 15.0. The van der Waals surface area contributed by atoms with Crippen LogP contribution < -0.4 is 5.32 Å². The fraction of sp³-hybridized carbons (Fsp3) is 1.00. The zero-order chi connectivity index (χ0) is 11.4. The molecule has 0 unspecified atom stereocenters. The van der Waals surface area contributed by atoms with Gasteiger partial charge in [0.15, 0.2) is 0 Å². The normalized spacial score (nSPS) is 11.2. The largest absolute Gasteiger partial charge is 0.317 e. The summed E-state index contributed by atoms with van der Waals surface area (Å²) in [6.45, 7) is 9.27. The van der Waals surface area contributed by atoms with Crippen LogP contribution in [0.5, 0.6) is 0 Å². The van der Waals surface area contributed by atoms with Crippen LogP contribution in [0.4, 0.5) is 0 Å². The summed E-state index contributed by atoms with van der Waals surface area (Å²) in [5.41, 5.74) is 0. The molecule has 0 aliphatic carbocycles. The number of unbranched alkanes of at least 4 members (excludes halogenated alkanes) is 5. The maximum Gasteiger partial charge on any atom is -0.00489 e. The molecule has 0 atom stereocenters. The lowest BCUT2D eigenvalue weighted by Crippen LogP contribution is -2.15. The van der Waals surface area contributed by atoms with E-state index in [0.717, 1.165) is 5.92 Å². The van der Waals surface area contributed by atoms with Gasteiger partial charge in [0, 0.05) is 0 Å². The van der Waals surface area contributed by atoms with Crippen molar-refractivity contribution in [2.75, 3.05) is 13.1 Å². The van der Waals surface area contributed by atoms with Crippen molar-refractivity contribution >= 4 is 0 Å². The van der Waals surface area contributed by atoms with Crippen LogP contribution in [0.3, 0.4) is 0 Å². The number of nitrogens with one attached hydrogen (secondary N) is 1. The summed E-state index contributed by atoms with van der Waals surface area (Å²) in [5.74, 6) is 0.892. The molecule has 0 aromatic rings. The molecule has 0 saturated carbocycles. The topological polar surface area (TPSA) is 12.0 Å². The van der Waals surface area contributed by atoms with E-state index in [0.29, 0.717) is 0 Å². The van der Waals surface area contributed by atoms with Gasteiger partial charge in [-0.3, -0.25) is 0 Å². The lowest BCUT2D eigenvalue weighted by atomic mass is 10.0. The molecule has 0 aliphatic rings. The molecule has 0 amide bonds. The summed E-state index contributed by atoms with van der Waals surface area (Å²) in [6.07, 6.45) is 11.2. The molecule has 0 aliphatic heterocycles. The third-order valence-corrected chi connectivity index (χ3v) is 2.81. The molecule has 1 N–H and O–H groups in total. The van der Waals surface area contributed by atoms with Gasteiger partial charge < -0.3 is 5.32 Å². The molecule has 0 spiro atoms. The number of hydrogen-bond acceptors (Lipinski definition) is 1. The molecule has 0 saturated heterocycles. The number of rotatable bonds is 11. The van der Waals surface area contributed by atoms with Crippen molar-refractivity contribution in [1.29, 1.82) is 0 Å². The van der Waals surface area contributed by atoms with Crippen molar-refractivity contribution in [2.45, 2.75) is 72.1 Å². The third kappa shape index (κ3) is 14.0. The summed E-state index contributed by atoms with van der Waals surface area (Å²) in [4.78, 5) is 0. The highest BCUT2D eigenvalue weighted by atomic mass is 14.8. The van der Waals surface area contributed by atoms with E-state index in [1.165, 1.54) is 64.5 Å². The Morgan fingerprint density at radius 2 is 1.40 bits per heavy atom. The fourth-order valence-corrected chi connectivity index (χ4v) is 1.81. The zero-order valence-electron chi connectivity index (χ0n) is 11.1. The Morgan fingerprint density at radius 3 is 2.00 bits per heavy atom. The van der Waals surface area contributed by atoms with E-state index in [2.05, 4.69) is 26.1 Å². The Labute approximate surface area is 97.0 Å². The van der Waals surface area contributed by atoms with Gasteiger partial charge in [-0.1, -0.05) is 59.3 Å². The monoisotopic (exact) mass is 213 g/mol. The molecule has 1 heteroatoms. The first-order chi connectivity index (χ1) is 7.27. The molecule has 15 heavy (non-hydrogen) atoms. The zero-order valence-corrected chi connectivity index (χ0v) is 11.1. The van der Waals surface area contributed by atoms with Gasteiger partial charge in [-0.25, -0.2) is 0 Å². The van der Waals surface area contributed by atoms with E-state index >= 15 is 0 Å². The van der Waals surface area contributed by atoms with Gasteiger partial charge in [0.25, 0.3) is 0 Å². The van der Waals surface area contributed by atoms with Crippen molar-refractivity contribution in [3.8, 4) is 0 Å². The molecule has 0 aromatic heterocycles. The molecule has 0 rings (SSSR count). The van der Waals surface area contributed by atoms with E-state index in [1.807, 2.05) is 0 Å². The smallest absolute Gasteiger partial charge is 0.00489 e. The minimum absolute atomic E-state index is 0.892. The maximum atomic E-state index is 3.45. The van der Waals surface area contributed by atoms with Crippen LogP contribution in [0.1, 0.15) is 72.1 Å². The summed E-state index contributed by atoms with van der Waals surface area (Å²) in [7, 11) is 0. The molecule has 0 bridgehead atoms. The second-order valence-electron chi connectivity index (χ2n) is 5.05. The molecular weight excluding hydrogens is 182 g/mol. The van der Waals surface area contributed by atoms with Crippen LogP contribution in [0, 0.1) is 5.92 Å². The van der Waals surface area contributed by atoms with Crippen LogP contribution in [-0.4, -0.2) is 13.1 Å². The lowest BCUT2D eigenvalue weighted by molar-refractivity contribution is 0.507. The highest BCUT2D eigenvalue weighted by molar-refractivity contribution is 4.50. The van der Waals surface area contributed by atoms with Gasteiger partial charge in [0.2, 0.25) is 0 Å². The van der Waals surface area contributed by atoms with Gasteiger partial charge in [0.1, 0.15) is 0 Å². The van der Waals surface area contributed by atoms with Gasteiger partial charge >= 0.3 is 0 Å². The van der Waals surface area contributed by atoms with Crippen LogP contribution in [0.25, 0.3) is 0 Å². The van der Waals surface area contributed by atoms with Crippen LogP contribution >= 0.6 is 0 Å². The van der Waals surface area contributed by atoms with Crippen molar-refractivity contribution < 1.29 is 0 Å². The highest BCUT2D eigenvalue weighted by Gasteiger charge is 1.94. The minimum Gasteiger partial charge on any atom is -0.317 e. The fourth-order valence-electron chi connectivity index (χ4n) is 1.81. The summed E-state index contributed by atoms with van der Waals surface area (Å²) < 4.78 is 0. The Kier molecular flexibility index (Phi) is 12.0. The Hall–Kier alpha value is -0.0400. The van der Waals surface area contributed by atoms with Gasteiger partial charge in [-0.15, -0.1) is 0 Å². The van der Waals surface area contributed by atoms with Crippen molar-refractivity contribution in [3.63, 3.8) is 0 Å². The highest BCUT2D eigenvalue weighted by Crippen LogP contribution is 2.10. The molecule has 1 nitrogen and oxygen atoms in total. The van der Waals surface area contributed by atoms with E-state index < -0.39 is 0 Å². The Balaban J connectivity index is 2.87. The molecular formula is C14H31N. The summed E-state index contributed by atoms with van der Waals surface area (Å²) in [5, 5.41) is 3.45.